The monoisotopic (exact) mass is 1500 g/mol. The van der Waals surface area contributed by atoms with Gasteiger partial charge in [0.25, 0.3) is 0 Å². The quantitative estimate of drug-likeness (QED) is 0.0668. The second-order valence-corrected chi connectivity index (χ2v) is 32.9. The largest absolute Gasteiger partial charge is 0.107 e. The molecule has 0 aromatic heterocycles. The van der Waals surface area contributed by atoms with Crippen LogP contribution in [-0.4, -0.2) is 0 Å². The Balaban J connectivity index is 0.789. The maximum Gasteiger partial charge on any atom is 0.107 e. The molecule has 4 fully saturated rings. The minimum Gasteiger partial charge on any atom is -0.0765 e. The van der Waals surface area contributed by atoms with E-state index in [1.165, 1.54) is 22.3 Å². The van der Waals surface area contributed by atoms with Crippen molar-refractivity contribution in [2.45, 2.75) is 81.8 Å². The molecule has 0 nitrogen and oxygen atoms in total. The maximum absolute atomic E-state index is 4.00. The fraction of sp³-hybridized carbons (Fsp3) is 0.119. The van der Waals surface area contributed by atoms with Crippen LogP contribution in [0.1, 0.15) is 150 Å². The van der Waals surface area contributed by atoms with Crippen molar-refractivity contribution in [1.82, 2.24) is 0 Å². The molecule has 0 N–H and O–H groups in total. The SMILES string of the molecule is C(#CC(c1ccccc1)(c1ccccc1)c1ccccc1)c1ccc(C23CC4(c5ccc(C#CC(c6ccccc6)(c6ccccc6)c6ccccc6)cc5)CC(c5ccc(C#CC(c6ccccc6)(c6ccccc6)c6ccccc6)cc5)(C2)CC(c2ccc(C#CC(c5ccccc5)(c5ccccc5)c5ccccc5)cc2)(C3)C4)cc1. The van der Waals surface area contributed by atoms with Gasteiger partial charge >= 0.3 is 0 Å². The highest BCUT2D eigenvalue weighted by molar-refractivity contribution is 5.66. The first-order chi connectivity index (χ1) is 58.2. The Morgan fingerprint density at radius 3 is 0.356 bits per heavy atom. The lowest BCUT2D eigenvalue weighted by molar-refractivity contribution is -0.0691. The van der Waals surface area contributed by atoms with Gasteiger partial charge in [-0.15, -0.1) is 0 Å². The van der Waals surface area contributed by atoms with Crippen molar-refractivity contribution in [3.05, 3.63) is 572 Å². The second-order valence-electron chi connectivity index (χ2n) is 32.9. The summed E-state index contributed by atoms with van der Waals surface area (Å²) in [5.41, 5.74) is 18.8. The molecular formula is C118H88. The Labute approximate surface area is 696 Å². The molecule has 0 radical (unpaired) electrons. The number of hydrogen-bond donors (Lipinski definition) is 0. The van der Waals surface area contributed by atoms with E-state index >= 15 is 0 Å². The summed E-state index contributed by atoms with van der Waals surface area (Å²) in [5.74, 6) is 31.4. The zero-order valence-corrected chi connectivity index (χ0v) is 66.1. The molecule has 0 unspecified atom stereocenters. The lowest BCUT2D eigenvalue weighted by Crippen LogP contribution is -2.67. The zero-order valence-electron chi connectivity index (χ0n) is 66.1. The standard InChI is InChI=1S/C118H88/c1-13-37-99(38-14-1)115(100-39-15-2-16-40-100,101-41-17-3-18-42-101)81-77-91-61-69-95(70-62-91)111-85-112(96-71-63-92(64-72-96)78-82-116(102-43-19-4-20-44-102,103-45-21-5-22-46-103)104-47-23-6-24-48-104)88-113(86-111,97-73-65-93(66-74-97)79-83-117(105-49-25-7-26-50-105,106-51-27-8-28-52-106)107-53-29-9-30-54-107)90-114(87-111,89-112)98-75-67-94(68-76-98)80-84-118(108-55-31-10-32-56-108,109-57-33-11-34-58-109)110-59-35-12-36-60-110/h1-76H,85-90H2. The highest BCUT2D eigenvalue weighted by atomic mass is 14.7. The number of hydrogen-bond acceptors (Lipinski definition) is 0. The van der Waals surface area contributed by atoms with E-state index in [9.17, 15) is 0 Å². The van der Waals surface area contributed by atoms with Crippen LogP contribution in [0.3, 0.4) is 0 Å². The highest BCUT2D eigenvalue weighted by Crippen LogP contribution is 2.75. The molecule has 4 aliphatic rings. The summed E-state index contributed by atoms with van der Waals surface area (Å²) in [4.78, 5) is 0. The molecule has 0 heterocycles. The summed E-state index contributed by atoms with van der Waals surface area (Å²) in [5, 5.41) is 0. The van der Waals surface area contributed by atoms with Gasteiger partial charge < -0.3 is 0 Å². The lowest BCUT2D eigenvalue weighted by Gasteiger charge is -2.71. The van der Waals surface area contributed by atoms with Gasteiger partial charge in [-0.3, -0.25) is 0 Å². The van der Waals surface area contributed by atoms with Gasteiger partial charge in [0.05, 0.1) is 0 Å². The van der Waals surface area contributed by atoms with Crippen molar-refractivity contribution in [3.8, 4) is 47.4 Å². The van der Waals surface area contributed by atoms with Gasteiger partial charge in [0, 0.05) is 22.3 Å². The molecule has 0 amide bonds. The van der Waals surface area contributed by atoms with Gasteiger partial charge in [0.15, 0.2) is 0 Å². The maximum atomic E-state index is 4.00. The van der Waals surface area contributed by atoms with Gasteiger partial charge in [-0.1, -0.05) is 460 Å². The Morgan fingerprint density at radius 1 is 0.136 bits per heavy atom. The molecule has 0 atom stereocenters. The predicted octanol–water partition coefficient (Wildman–Crippen LogP) is 25.7. The fourth-order valence-electron chi connectivity index (χ4n) is 21.3. The van der Waals surface area contributed by atoms with Crippen molar-refractivity contribution >= 4 is 0 Å². The minimum absolute atomic E-state index is 0.292. The predicted molar refractivity (Wildman–Crippen MR) is 485 cm³/mol. The Bertz CT molecular complexity index is 5180. The van der Waals surface area contributed by atoms with E-state index in [0.717, 1.165) is 128 Å². The van der Waals surface area contributed by atoms with E-state index in [-0.39, 0.29) is 21.7 Å². The van der Waals surface area contributed by atoms with Crippen LogP contribution < -0.4 is 0 Å². The molecule has 16 aromatic rings. The molecule has 4 aliphatic carbocycles. The van der Waals surface area contributed by atoms with Gasteiger partial charge in [-0.2, -0.15) is 0 Å². The summed E-state index contributed by atoms with van der Waals surface area (Å²) >= 11 is 0. The van der Waals surface area contributed by atoms with Crippen molar-refractivity contribution in [3.63, 3.8) is 0 Å². The van der Waals surface area contributed by atoms with Gasteiger partial charge in [0.2, 0.25) is 0 Å². The van der Waals surface area contributed by atoms with Crippen LogP contribution in [0.2, 0.25) is 0 Å². The molecule has 0 saturated heterocycles. The third kappa shape index (κ3) is 13.4. The van der Waals surface area contributed by atoms with Crippen LogP contribution in [-0.2, 0) is 43.3 Å². The summed E-state index contributed by atoms with van der Waals surface area (Å²) in [7, 11) is 0. The Kier molecular flexibility index (Phi) is 19.7. The Morgan fingerprint density at radius 2 is 0.246 bits per heavy atom. The highest BCUT2D eigenvalue weighted by Gasteiger charge is 2.69. The van der Waals surface area contributed by atoms with Gasteiger partial charge in [0.1, 0.15) is 21.7 Å². The molecule has 4 bridgehead atoms. The van der Waals surface area contributed by atoms with Crippen LogP contribution in [0.4, 0.5) is 0 Å². The van der Waals surface area contributed by atoms with Crippen LogP contribution in [0.5, 0.6) is 0 Å². The van der Waals surface area contributed by atoms with Crippen LogP contribution in [0.15, 0.2) is 461 Å². The normalized spacial score (nSPS) is 17.8. The second kappa shape index (κ2) is 31.5. The van der Waals surface area contributed by atoms with Crippen molar-refractivity contribution < 1.29 is 0 Å². The molecule has 20 rings (SSSR count). The number of rotatable bonds is 16. The summed E-state index contributed by atoms with van der Waals surface area (Å²) in [6.45, 7) is 0. The fourth-order valence-corrected chi connectivity index (χ4v) is 21.3. The van der Waals surface area contributed by atoms with Crippen LogP contribution >= 0.6 is 0 Å². The van der Waals surface area contributed by atoms with E-state index in [0.29, 0.717) is 0 Å². The minimum atomic E-state index is -0.741. The molecule has 0 heteroatoms. The summed E-state index contributed by atoms with van der Waals surface area (Å²) < 4.78 is 0. The van der Waals surface area contributed by atoms with E-state index in [1.807, 2.05) is 0 Å². The molecule has 0 spiro atoms. The first-order valence-corrected chi connectivity index (χ1v) is 41.5. The molecule has 0 aliphatic heterocycles. The van der Waals surface area contributed by atoms with E-state index in [1.54, 1.807) is 0 Å². The topological polar surface area (TPSA) is 0 Å². The zero-order chi connectivity index (χ0) is 79.2. The van der Waals surface area contributed by atoms with Gasteiger partial charge in [-0.25, -0.2) is 0 Å². The number of benzene rings is 16. The molecule has 560 valence electrons. The third-order valence-electron chi connectivity index (χ3n) is 26.1. The van der Waals surface area contributed by atoms with Crippen molar-refractivity contribution in [1.29, 1.82) is 0 Å². The smallest absolute Gasteiger partial charge is 0.0765 e. The molecule has 118 heavy (non-hydrogen) atoms. The molecular weight excluding hydrogens is 1420 g/mol. The first kappa shape index (κ1) is 73.9. The van der Waals surface area contributed by atoms with Crippen molar-refractivity contribution in [2.75, 3.05) is 0 Å². The van der Waals surface area contributed by atoms with E-state index in [2.05, 4.69) is 508 Å². The lowest BCUT2D eigenvalue weighted by atomic mass is 9.32. The summed E-state index contributed by atoms with van der Waals surface area (Å²) in [6.07, 6.45) is 5.87. The summed E-state index contributed by atoms with van der Waals surface area (Å²) in [6, 6.07) is 168. The average molecular weight is 1510 g/mol. The van der Waals surface area contributed by atoms with Crippen molar-refractivity contribution in [2.24, 2.45) is 0 Å². The van der Waals surface area contributed by atoms with E-state index in [4.69, 9.17) is 0 Å². The van der Waals surface area contributed by atoms with E-state index < -0.39 is 21.7 Å². The first-order valence-electron chi connectivity index (χ1n) is 41.5. The van der Waals surface area contributed by atoms with Crippen LogP contribution in [0.25, 0.3) is 0 Å². The molecule has 16 aromatic carbocycles. The van der Waals surface area contributed by atoms with Gasteiger partial charge in [-0.05, 0) is 198 Å². The van der Waals surface area contributed by atoms with Crippen LogP contribution in [0, 0.1) is 47.4 Å². The Hall–Kier alpha value is -14.2. The third-order valence-corrected chi connectivity index (χ3v) is 26.1. The molecule has 4 saturated carbocycles. The average Bonchev–Trinajstić information content (AvgIpc) is 0.663.